The van der Waals surface area contributed by atoms with Crippen LogP contribution in [0.25, 0.3) is 5.57 Å². The van der Waals surface area contributed by atoms with Gasteiger partial charge in [-0.2, -0.15) is 0 Å². The van der Waals surface area contributed by atoms with E-state index in [9.17, 15) is 4.39 Å². The minimum Gasteiger partial charge on any atom is -0.399 e. The van der Waals surface area contributed by atoms with E-state index in [1.165, 1.54) is 0 Å². The van der Waals surface area contributed by atoms with Gasteiger partial charge in [-0.25, -0.2) is 4.39 Å². The molecule has 2 aromatic carbocycles. The number of anilines is 1. The van der Waals surface area contributed by atoms with E-state index >= 15 is 0 Å². The molecular weight excluding hydrogens is 299 g/mol. The first-order valence-corrected chi connectivity index (χ1v) is 8.08. The number of hydrogen-bond donors (Lipinski definition) is 1. The predicted molar refractivity (Wildman–Crippen MR) is 100 cm³/mol. The summed E-state index contributed by atoms with van der Waals surface area (Å²) < 4.78 is 14.4. The second-order valence-electron chi connectivity index (χ2n) is 6.15. The summed E-state index contributed by atoms with van der Waals surface area (Å²) in [7, 11) is 0. The molecule has 0 unspecified atom stereocenters. The molecule has 0 spiro atoms. The highest BCUT2D eigenvalue weighted by molar-refractivity contribution is 5.74. The van der Waals surface area contributed by atoms with E-state index in [2.05, 4.69) is 11.1 Å². The summed E-state index contributed by atoms with van der Waals surface area (Å²) in [4.78, 5) is 4.34. The molecule has 0 aliphatic heterocycles. The number of nitrogen functional groups attached to an aromatic ring is 1. The molecule has 1 aliphatic carbocycles. The second kappa shape index (κ2) is 6.83. The molecule has 1 aliphatic rings. The lowest BCUT2D eigenvalue weighted by atomic mass is 10.0. The van der Waals surface area contributed by atoms with Crippen molar-refractivity contribution in [1.82, 2.24) is 0 Å². The largest absolute Gasteiger partial charge is 0.399 e. The third-order valence-electron chi connectivity index (χ3n) is 4.29. The smallest absolute Gasteiger partial charge is 0.149 e. The first kappa shape index (κ1) is 16.2. The van der Waals surface area contributed by atoms with Crippen LogP contribution in [0.1, 0.15) is 28.7 Å². The second-order valence-corrected chi connectivity index (χ2v) is 6.15. The van der Waals surface area contributed by atoms with E-state index in [4.69, 9.17) is 5.73 Å². The molecule has 122 valence electrons. The Morgan fingerprint density at radius 1 is 1.17 bits per heavy atom. The van der Waals surface area contributed by atoms with Gasteiger partial charge in [0, 0.05) is 18.3 Å². The Labute approximate surface area is 142 Å². The van der Waals surface area contributed by atoms with Gasteiger partial charge in [0.2, 0.25) is 0 Å². The summed E-state index contributed by atoms with van der Waals surface area (Å²) in [5.74, 6) is -0.280. The molecule has 3 heteroatoms. The van der Waals surface area contributed by atoms with Crippen LogP contribution in [0.15, 0.2) is 53.6 Å². The minimum absolute atomic E-state index is 0.280. The first-order valence-electron chi connectivity index (χ1n) is 8.08. The zero-order valence-electron chi connectivity index (χ0n) is 14.0. The zero-order chi connectivity index (χ0) is 17.1. The summed E-state index contributed by atoms with van der Waals surface area (Å²) in [6, 6.07) is 9.51. The topological polar surface area (TPSA) is 38.4 Å². The normalized spacial score (nSPS) is 13.7. The van der Waals surface area contributed by atoms with Crippen molar-refractivity contribution in [2.75, 3.05) is 5.73 Å². The van der Waals surface area contributed by atoms with Crippen LogP contribution in [0.5, 0.6) is 0 Å². The number of nitrogens with two attached hydrogens (primary N) is 1. The molecule has 2 N–H and O–H groups in total. The van der Waals surface area contributed by atoms with Crippen LogP contribution in [-0.2, 0) is 6.42 Å². The number of halogens is 1. The molecule has 0 bridgehead atoms. The molecule has 3 rings (SSSR count). The van der Waals surface area contributed by atoms with Gasteiger partial charge in [0.15, 0.2) is 0 Å². The molecule has 0 heterocycles. The summed E-state index contributed by atoms with van der Waals surface area (Å²) in [6.07, 6.45) is 9.32. The SMILES string of the molecule is Cc1ccc(CC=Nc2c(C)cc(C3=CC=CC3)cc2F)cc1N. The van der Waals surface area contributed by atoms with Crippen LogP contribution in [-0.4, -0.2) is 6.21 Å². The van der Waals surface area contributed by atoms with Crippen LogP contribution >= 0.6 is 0 Å². The molecule has 24 heavy (non-hydrogen) atoms. The lowest BCUT2D eigenvalue weighted by Crippen LogP contribution is -1.94. The summed E-state index contributed by atoms with van der Waals surface area (Å²) in [5.41, 5.74) is 12.1. The summed E-state index contributed by atoms with van der Waals surface area (Å²) >= 11 is 0. The first-order chi connectivity index (χ1) is 11.5. The fourth-order valence-corrected chi connectivity index (χ4v) is 2.81. The Morgan fingerprint density at radius 2 is 2.00 bits per heavy atom. The number of nitrogens with zero attached hydrogens (tertiary/aromatic N) is 1. The van der Waals surface area contributed by atoms with Crippen molar-refractivity contribution >= 4 is 23.2 Å². The van der Waals surface area contributed by atoms with E-state index in [-0.39, 0.29) is 5.82 Å². The van der Waals surface area contributed by atoms with Gasteiger partial charge in [-0.3, -0.25) is 4.99 Å². The lowest BCUT2D eigenvalue weighted by Gasteiger charge is -2.08. The average molecular weight is 320 g/mol. The fourth-order valence-electron chi connectivity index (χ4n) is 2.81. The lowest BCUT2D eigenvalue weighted by molar-refractivity contribution is 0.628. The van der Waals surface area contributed by atoms with Gasteiger partial charge in [0.25, 0.3) is 0 Å². The van der Waals surface area contributed by atoms with Crippen LogP contribution in [0.3, 0.4) is 0 Å². The standard InChI is InChI=1S/C21H21FN2/c1-14-7-8-16(12-20(14)23)9-10-24-21-15(2)11-18(13-19(21)22)17-5-3-4-6-17/h3-5,7-8,10-13H,6,9,23H2,1-2H3. The van der Waals surface area contributed by atoms with Gasteiger partial charge < -0.3 is 5.73 Å². The van der Waals surface area contributed by atoms with Crippen LogP contribution in [0.2, 0.25) is 0 Å². The summed E-state index contributed by atoms with van der Waals surface area (Å²) in [5, 5.41) is 0. The Bertz CT molecular complexity index is 837. The van der Waals surface area contributed by atoms with Gasteiger partial charge in [-0.1, -0.05) is 30.4 Å². The van der Waals surface area contributed by atoms with Gasteiger partial charge >= 0.3 is 0 Å². The third-order valence-corrected chi connectivity index (χ3v) is 4.29. The number of aliphatic imine (C=N–C) groups is 1. The van der Waals surface area contributed by atoms with Crippen LogP contribution in [0, 0.1) is 19.7 Å². The number of aryl methyl sites for hydroxylation is 2. The molecule has 0 atom stereocenters. The van der Waals surface area contributed by atoms with Gasteiger partial charge in [0.1, 0.15) is 11.5 Å². The monoisotopic (exact) mass is 320 g/mol. The number of benzene rings is 2. The van der Waals surface area contributed by atoms with Crippen molar-refractivity contribution in [1.29, 1.82) is 0 Å². The number of allylic oxidation sites excluding steroid dienone is 4. The molecule has 0 aromatic heterocycles. The number of hydrogen-bond acceptors (Lipinski definition) is 2. The average Bonchev–Trinajstić information content (AvgIpc) is 3.07. The maximum Gasteiger partial charge on any atom is 0.149 e. The maximum absolute atomic E-state index is 14.4. The molecule has 0 saturated carbocycles. The van der Waals surface area contributed by atoms with E-state index in [0.29, 0.717) is 12.1 Å². The van der Waals surface area contributed by atoms with Crippen molar-refractivity contribution in [2.24, 2.45) is 4.99 Å². The Hall–Kier alpha value is -2.68. The fraction of sp³-hybridized carbons (Fsp3) is 0.190. The highest BCUT2D eigenvalue weighted by atomic mass is 19.1. The van der Waals surface area contributed by atoms with E-state index in [1.807, 2.05) is 50.3 Å². The highest BCUT2D eigenvalue weighted by Crippen LogP contribution is 2.30. The van der Waals surface area contributed by atoms with Gasteiger partial charge in [-0.15, -0.1) is 0 Å². The highest BCUT2D eigenvalue weighted by Gasteiger charge is 2.10. The van der Waals surface area contributed by atoms with Crippen molar-refractivity contribution < 1.29 is 4.39 Å². The number of rotatable bonds is 4. The minimum atomic E-state index is -0.280. The molecule has 0 fully saturated rings. The molecule has 0 radical (unpaired) electrons. The van der Waals surface area contributed by atoms with E-state index in [0.717, 1.165) is 39.9 Å². The molecule has 2 nitrogen and oxygen atoms in total. The van der Waals surface area contributed by atoms with Crippen LogP contribution < -0.4 is 5.73 Å². The third kappa shape index (κ3) is 3.46. The van der Waals surface area contributed by atoms with E-state index in [1.54, 1.807) is 12.3 Å². The predicted octanol–water partition coefficient (Wildman–Crippen LogP) is 5.31. The molecule has 0 amide bonds. The Balaban J connectivity index is 1.78. The summed E-state index contributed by atoms with van der Waals surface area (Å²) in [6.45, 7) is 3.87. The molecule has 0 saturated heterocycles. The molecule has 2 aromatic rings. The van der Waals surface area contributed by atoms with Gasteiger partial charge in [0.05, 0.1) is 0 Å². The van der Waals surface area contributed by atoms with E-state index < -0.39 is 0 Å². The van der Waals surface area contributed by atoms with Crippen molar-refractivity contribution in [3.05, 3.63) is 76.6 Å². The molecular formula is C21H21FN2. The van der Waals surface area contributed by atoms with Crippen molar-refractivity contribution in [3.8, 4) is 0 Å². The Morgan fingerprint density at radius 3 is 2.67 bits per heavy atom. The van der Waals surface area contributed by atoms with Crippen molar-refractivity contribution in [2.45, 2.75) is 26.7 Å². The van der Waals surface area contributed by atoms with Crippen molar-refractivity contribution in [3.63, 3.8) is 0 Å². The zero-order valence-corrected chi connectivity index (χ0v) is 14.0. The van der Waals surface area contributed by atoms with Crippen LogP contribution in [0.4, 0.5) is 15.8 Å². The quantitative estimate of drug-likeness (QED) is 0.601. The van der Waals surface area contributed by atoms with Gasteiger partial charge in [-0.05, 0) is 66.3 Å². The maximum atomic E-state index is 14.4. The Kier molecular flexibility index (Phi) is 4.61.